The molecule has 4 rings (SSSR count). The first kappa shape index (κ1) is 23.1. The van der Waals surface area contributed by atoms with Gasteiger partial charge in [-0.2, -0.15) is 5.26 Å². The maximum Gasteiger partial charge on any atom is 0.300 e. The van der Waals surface area contributed by atoms with Gasteiger partial charge in [0.05, 0.1) is 41.9 Å². The predicted octanol–water partition coefficient (Wildman–Crippen LogP) is 4.96. The second kappa shape index (κ2) is 9.41. The fraction of sp³-hybridized carbons (Fsp3) is 0.115. The van der Waals surface area contributed by atoms with E-state index in [1.54, 1.807) is 66.7 Å². The number of rotatable bonds is 5. The Bertz CT molecular complexity index is 1360. The minimum Gasteiger partial charge on any atom is -0.507 e. The number of nitriles is 1. The van der Waals surface area contributed by atoms with Crippen molar-refractivity contribution >= 4 is 39.1 Å². The first-order chi connectivity index (χ1) is 16.4. The summed E-state index contributed by atoms with van der Waals surface area (Å²) in [7, 11) is 3.04. The van der Waals surface area contributed by atoms with E-state index < -0.39 is 17.7 Å². The highest BCUT2D eigenvalue weighted by Gasteiger charge is 2.47. The zero-order valence-electron chi connectivity index (χ0n) is 18.3. The largest absolute Gasteiger partial charge is 0.507 e. The molecule has 1 heterocycles. The molecule has 1 saturated heterocycles. The van der Waals surface area contributed by atoms with E-state index >= 15 is 0 Å². The lowest BCUT2D eigenvalue weighted by atomic mass is 9.95. The van der Waals surface area contributed by atoms with Gasteiger partial charge < -0.3 is 14.6 Å². The Morgan fingerprint density at radius 3 is 2.38 bits per heavy atom. The van der Waals surface area contributed by atoms with E-state index in [2.05, 4.69) is 15.9 Å². The summed E-state index contributed by atoms with van der Waals surface area (Å²) in [6, 6.07) is 19.3. The summed E-state index contributed by atoms with van der Waals surface area (Å²) in [6.07, 6.45) is 0. The maximum atomic E-state index is 13.2. The molecule has 0 aliphatic carbocycles. The first-order valence-electron chi connectivity index (χ1n) is 10.2. The van der Waals surface area contributed by atoms with Crippen LogP contribution in [0.2, 0.25) is 0 Å². The fourth-order valence-electron chi connectivity index (χ4n) is 3.89. The smallest absolute Gasteiger partial charge is 0.300 e. The predicted molar refractivity (Wildman–Crippen MR) is 130 cm³/mol. The van der Waals surface area contributed by atoms with E-state index in [0.29, 0.717) is 38.3 Å². The molecule has 1 fully saturated rings. The number of halogens is 1. The van der Waals surface area contributed by atoms with E-state index in [-0.39, 0.29) is 11.3 Å². The minimum atomic E-state index is -0.913. The summed E-state index contributed by atoms with van der Waals surface area (Å²) >= 11 is 3.39. The first-order valence-corrected chi connectivity index (χ1v) is 11.0. The molecule has 1 aliphatic rings. The van der Waals surface area contributed by atoms with Crippen LogP contribution in [0.4, 0.5) is 5.69 Å². The van der Waals surface area contributed by atoms with E-state index in [0.717, 1.165) is 0 Å². The molecule has 1 atom stereocenters. The molecular weight excluding hydrogens is 500 g/mol. The monoisotopic (exact) mass is 518 g/mol. The molecule has 1 amide bonds. The highest BCUT2D eigenvalue weighted by molar-refractivity contribution is 9.10. The van der Waals surface area contributed by atoms with Crippen LogP contribution in [0, 0.1) is 11.3 Å². The van der Waals surface area contributed by atoms with Gasteiger partial charge in [-0.3, -0.25) is 14.5 Å². The molecule has 170 valence electrons. The molecule has 34 heavy (non-hydrogen) atoms. The van der Waals surface area contributed by atoms with Crippen molar-refractivity contribution in [2.24, 2.45) is 0 Å². The van der Waals surface area contributed by atoms with Gasteiger partial charge in [0, 0.05) is 11.3 Å². The Morgan fingerprint density at radius 2 is 1.76 bits per heavy atom. The van der Waals surface area contributed by atoms with Gasteiger partial charge in [-0.1, -0.05) is 12.1 Å². The Hall–Kier alpha value is -4.09. The number of methoxy groups -OCH3 is 2. The Morgan fingerprint density at radius 1 is 1.03 bits per heavy atom. The summed E-state index contributed by atoms with van der Waals surface area (Å²) in [5.41, 5.74) is 1.71. The minimum absolute atomic E-state index is 0.0559. The van der Waals surface area contributed by atoms with Crippen LogP contribution in [0.1, 0.15) is 22.7 Å². The zero-order chi connectivity index (χ0) is 24.4. The van der Waals surface area contributed by atoms with Gasteiger partial charge >= 0.3 is 0 Å². The third kappa shape index (κ3) is 4.02. The third-order valence-corrected chi connectivity index (χ3v) is 6.17. The normalized spacial score (nSPS) is 16.9. The van der Waals surface area contributed by atoms with Gasteiger partial charge in [-0.25, -0.2) is 0 Å². The summed E-state index contributed by atoms with van der Waals surface area (Å²) in [6.45, 7) is 0. The number of ketones is 1. The Labute approximate surface area is 204 Å². The van der Waals surface area contributed by atoms with Crippen LogP contribution in [-0.4, -0.2) is 31.0 Å². The number of carbonyl (C=O) groups excluding carboxylic acids is 2. The maximum absolute atomic E-state index is 13.2. The quantitative estimate of drug-likeness (QED) is 0.291. The number of aliphatic hydroxyl groups is 1. The van der Waals surface area contributed by atoms with Crippen LogP contribution in [-0.2, 0) is 9.59 Å². The molecule has 0 spiro atoms. The van der Waals surface area contributed by atoms with Crippen molar-refractivity contribution in [3.05, 3.63) is 93.5 Å². The van der Waals surface area contributed by atoms with Crippen LogP contribution < -0.4 is 14.4 Å². The van der Waals surface area contributed by atoms with E-state index in [1.165, 1.54) is 19.1 Å². The zero-order valence-corrected chi connectivity index (χ0v) is 19.9. The van der Waals surface area contributed by atoms with Gasteiger partial charge in [0.1, 0.15) is 17.3 Å². The molecule has 0 aromatic heterocycles. The molecule has 3 aromatic rings. The Kier molecular flexibility index (Phi) is 6.39. The number of aliphatic hydroxyl groups excluding tert-OH is 1. The molecule has 0 saturated carbocycles. The van der Waals surface area contributed by atoms with Crippen molar-refractivity contribution in [3.8, 4) is 17.6 Å². The Balaban J connectivity index is 1.94. The number of hydrogen-bond acceptors (Lipinski definition) is 6. The number of benzene rings is 3. The van der Waals surface area contributed by atoms with Crippen molar-refractivity contribution in [1.29, 1.82) is 5.26 Å². The molecule has 1 N–H and O–H groups in total. The number of anilines is 1. The highest BCUT2D eigenvalue weighted by Crippen LogP contribution is 2.43. The van der Waals surface area contributed by atoms with Crippen molar-refractivity contribution in [3.63, 3.8) is 0 Å². The average Bonchev–Trinajstić information content (AvgIpc) is 3.13. The second-order valence-electron chi connectivity index (χ2n) is 7.45. The van der Waals surface area contributed by atoms with E-state index in [9.17, 15) is 14.7 Å². The van der Waals surface area contributed by atoms with Gasteiger partial charge in [-0.15, -0.1) is 0 Å². The van der Waals surface area contributed by atoms with Crippen molar-refractivity contribution in [2.45, 2.75) is 6.04 Å². The molecular formula is C26H19BrN2O5. The lowest BCUT2D eigenvalue weighted by Gasteiger charge is -2.25. The molecule has 1 aliphatic heterocycles. The van der Waals surface area contributed by atoms with Crippen LogP contribution in [0.25, 0.3) is 5.76 Å². The van der Waals surface area contributed by atoms with Crippen LogP contribution in [0.3, 0.4) is 0 Å². The molecule has 1 unspecified atom stereocenters. The van der Waals surface area contributed by atoms with E-state index in [1.807, 2.05) is 6.07 Å². The summed E-state index contributed by atoms with van der Waals surface area (Å²) in [5, 5.41) is 20.4. The number of Topliss-reactive ketones (excluding diaryl/α,β-unsaturated/α-hetero) is 1. The average molecular weight is 519 g/mol. The lowest BCUT2D eigenvalue weighted by molar-refractivity contribution is -0.132. The molecule has 8 heteroatoms. The SMILES string of the molecule is COc1cccc(C2/C(=C(/O)c3ccc(OC)c(Br)c3)C(=O)C(=O)N2c2ccc(C#N)cc2)c1. The lowest BCUT2D eigenvalue weighted by Crippen LogP contribution is -2.29. The number of hydrogen-bond donors (Lipinski definition) is 1. The molecule has 3 aromatic carbocycles. The van der Waals surface area contributed by atoms with Gasteiger partial charge in [-0.05, 0) is 76.1 Å². The molecule has 0 bridgehead atoms. The van der Waals surface area contributed by atoms with Gasteiger partial charge in [0.2, 0.25) is 0 Å². The topological polar surface area (TPSA) is 99.9 Å². The number of carbonyl (C=O) groups is 2. The fourth-order valence-corrected chi connectivity index (χ4v) is 4.43. The third-order valence-electron chi connectivity index (χ3n) is 5.55. The van der Waals surface area contributed by atoms with Gasteiger partial charge in [0.25, 0.3) is 11.7 Å². The van der Waals surface area contributed by atoms with E-state index in [4.69, 9.17) is 14.7 Å². The van der Waals surface area contributed by atoms with Crippen LogP contribution in [0.15, 0.2) is 76.8 Å². The standard InChI is InChI=1S/C26H19BrN2O5/c1-33-19-5-3-4-16(12-19)23-22(24(30)17-8-11-21(34-2)20(27)13-17)25(31)26(32)29(23)18-9-6-15(14-28)7-10-18/h3-13,23,30H,1-2H3/b24-22-. The summed E-state index contributed by atoms with van der Waals surface area (Å²) in [4.78, 5) is 27.8. The highest BCUT2D eigenvalue weighted by atomic mass is 79.9. The number of ether oxygens (including phenoxy) is 2. The van der Waals surface area contributed by atoms with Crippen LogP contribution >= 0.6 is 15.9 Å². The second-order valence-corrected chi connectivity index (χ2v) is 8.31. The van der Waals surface area contributed by atoms with Crippen LogP contribution in [0.5, 0.6) is 11.5 Å². The number of amides is 1. The molecule has 7 nitrogen and oxygen atoms in total. The number of nitrogens with zero attached hydrogens (tertiary/aromatic N) is 2. The van der Waals surface area contributed by atoms with Crippen molar-refractivity contribution in [1.82, 2.24) is 0 Å². The van der Waals surface area contributed by atoms with Crippen molar-refractivity contribution in [2.75, 3.05) is 19.1 Å². The van der Waals surface area contributed by atoms with Gasteiger partial charge in [0.15, 0.2) is 0 Å². The summed E-state index contributed by atoms with van der Waals surface area (Å²) in [5.74, 6) is -0.826. The van der Waals surface area contributed by atoms with Crippen molar-refractivity contribution < 1.29 is 24.2 Å². The molecule has 0 radical (unpaired) electrons. The summed E-state index contributed by atoms with van der Waals surface area (Å²) < 4.78 is 11.2.